The van der Waals surface area contributed by atoms with Crippen molar-refractivity contribution in [2.45, 2.75) is 0 Å². The predicted molar refractivity (Wildman–Crippen MR) is 75.8 cm³/mol. The summed E-state index contributed by atoms with van der Waals surface area (Å²) in [5.74, 6) is 0. The normalized spacial score (nSPS) is 11.2. The lowest BCUT2D eigenvalue weighted by Crippen LogP contribution is -1.78. The van der Waals surface area contributed by atoms with E-state index in [0.29, 0.717) is 0 Å². The highest BCUT2D eigenvalue weighted by molar-refractivity contribution is 6.05. The van der Waals surface area contributed by atoms with E-state index in [4.69, 9.17) is 4.42 Å². The van der Waals surface area contributed by atoms with E-state index in [1.54, 1.807) is 6.20 Å². The molecule has 2 aromatic carbocycles. The molecule has 0 spiro atoms. The Kier molecular flexibility index (Phi) is 2.15. The molecule has 19 heavy (non-hydrogen) atoms. The third-order valence-electron chi connectivity index (χ3n) is 3.31. The number of furan rings is 1. The van der Waals surface area contributed by atoms with Gasteiger partial charge in [-0.2, -0.15) is 0 Å². The first-order valence-corrected chi connectivity index (χ1v) is 6.14. The van der Waals surface area contributed by atoms with Gasteiger partial charge in [0.05, 0.1) is 0 Å². The topological polar surface area (TPSA) is 26.0 Å². The van der Waals surface area contributed by atoms with Crippen molar-refractivity contribution >= 4 is 21.9 Å². The SMILES string of the molecule is [c]1ccc2oc3cc(-c4cccnc4)ccc3c2c1. The van der Waals surface area contributed by atoms with Crippen LogP contribution < -0.4 is 0 Å². The van der Waals surface area contributed by atoms with Crippen LogP contribution in [0.25, 0.3) is 33.1 Å². The van der Waals surface area contributed by atoms with E-state index >= 15 is 0 Å². The van der Waals surface area contributed by atoms with Crippen LogP contribution in [0.2, 0.25) is 0 Å². The Labute approximate surface area is 110 Å². The Morgan fingerprint density at radius 2 is 1.95 bits per heavy atom. The maximum absolute atomic E-state index is 5.87. The first kappa shape index (κ1) is 10.3. The molecule has 0 saturated carbocycles. The van der Waals surface area contributed by atoms with Gasteiger partial charge in [-0.05, 0) is 42.0 Å². The third kappa shape index (κ3) is 1.61. The Bertz CT molecular complexity index is 862. The second-order valence-corrected chi connectivity index (χ2v) is 4.48. The summed E-state index contributed by atoms with van der Waals surface area (Å²) in [5.41, 5.74) is 4.01. The maximum Gasteiger partial charge on any atom is 0.136 e. The fourth-order valence-corrected chi connectivity index (χ4v) is 2.38. The molecule has 2 heteroatoms. The number of pyridine rings is 1. The molecule has 89 valence electrons. The molecule has 0 unspecified atom stereocenters. The minimum absolute atomic E-state index is 0.899. The van der Waals surface area contributed by atoms with Gasteiger partial charge in [-0.25, -0.2) is 0 Å². The average Bonchev–Trinajstić information content (AvgIpc) is 2.86. The zero-order valence-electron chi connectivity index (χ0n) is 10.1. The van der Waals surface area contributed by atoms with Crippen LogP contribution in [-0.2, 0) is 0 Å². The van der Waals surface area contributed by atoms with Crippen molar-refractivity contribution in [2.24, 2.45) is 0 Å². The molecule has 0 saturated heterocycles. The second-order valence-electron chi connectivity index (χ2n) is 4.48. The van der Waals surface area contributed by atoms with Crippen molar-refractivity contribution in [1.82, 2.24) is 4.98 Å². The number of benzene rings is 2. The Balaban J connectivity index is 1.99. The molecule has 1 radical (unpaired) electrons. The minimum Gasteiger partial charge on any atom is -0.456 e. The lowest BCUT2D eigenvalue weighted by molar-refractivity contribution is 0.669. The zero-order chi connectivity index (χ0) is 12.7. The van der Waals surface area contributed by atoms with E-state index in [1.165, 1.54) is 0 Å². The molecule has 0 bridgehead atoms. The van der Waals surface area contributed by atoms with E-state index in [9.17, 15) is 0 Å². The number of fused-ring (bicyclic) bond motifs is 3. The first-order valence-electron chi connectivity index (χ1n) is 6.14. The van der Waals surface area contributed by atoms with Crippen LogP contribution in [0.1, 0.15) is 0 Å². The lowest BCUT2D eigenvalue weighted by atomic mass is 10.1. The molecule has 4 rings (SSSR count). The molecule has 4 aromatic rings. The highest BCUT2D eigenvalue weighted by atomic mass is 16.3. The van der Waals surface area contributed by atoms with Gasteiger partial charge in [-0.15, -0.1) is 0 Å². The molecule has 0 atom stereocenters. The van der Waals surface area contributed by atoms with Crippen LogP contribution in [0.15, 0.2) is 65.3 Å². The van der Waals surface area contributed by atoms with E-state index < -0.39 is 0 Å². The Morgan fingerprint density at radius 3 is 2.84 bits per heavy atom. The van der Waals surface area contributed by atoms with E-state index in [-0.39, 0.29) is 0 Å². The average molecular weight is 244 g/mol. The lowest BCUT2D eigenvalue weighted by Gasteiger charge is -1.99. The van der Waals surface area contributed by atoms with E-state index in [2.05, 4.69) is 29.2 Å². The van der Waals surface area contributed by atoms with Crippen molar-refractivity contribution in [3.63, 3.8) is 0 Å². The van der Waals surface area contributed by atoms with Crippen LogP contribution in [-0.4, -0.2) is 4.98 Å². The minimum atomic E-state index is 0.899. The number of hydrogen-bond acceptors (Lipinski definition) is 2. The molecule has 0 amide bonds. The van der Waals surface area contributed by atoms with Gasteiger partial charge in [0.25, 0.3) is 0 Å². The first-order chi connectivity index (χ1) is 9.42. The molecular weight excluding hydrogens is 234 g/mol. The molecule has 2 nitrogen and oxygen atoms in total. The fraction of sp³-hybridized carbons (Fsp3) is 0. The molecule has 2 aromatic heterocycles. The summed E-state index contributed by atoms with van der Waals surface area (Å²) in [6, 6.07) is 19.1. The van der Waals surface area contributed by atoms with Gasteiger partial charge in [-0.3, -0.25) is 4.98 Å². The monoisotopic (exact) mass is 244 g/mol. The van der Waals surface area contributed by atoms with E-state index in [0.717, 1.165) is 33.1 Å². The number of rotatable bonds is 1. The van der Waals surface area contributed by atoms with Crippen molar-refractivity contribution in [3.05, 3.63) is 67.0 Å². The number of nitrogens with zero attached hydrogens (tertiary/aromatic N) is 1. The predicted octanol–water partition coefficient (Wildman–Crippen LogP) is 4.45. The Morgan fingerprint density at radius 1 is 0.947 bits per heavy atom. The summed E-state index contributed by atoms with van der Waals surface area (Å²) in [7, 11) is 0. The summed E-state index contributed by atoms with van der Waals surface area (Å²) < 4.78 is 5.87. The van der Waals surface area contributed by atoms with Crippen LogP contribution in [0, 0.1) is 6.07 Å². The van der Waals surface area contributed by atoms with Crippen molar-refractivity contribution < 1.29 is 4.42 Å². The van der Waals surface area contributed by atoms with Crippen LogP contribution in [0.4, 0.5) is 0 Å². The van der Waals surface area contributed by atoms with Gasteiger partial charge < -0.3 is 4.42 Å². The van der Waals surface area contributed by atoms with Gasteiger partial charge in [0.1, 0.15) is 11.2 Å². The highest BCUT2D eigenvalue weighted by Gasteiger charge is 2.07. The molecule has 0 fully saturated rings. The summed E-state index contributed by atoms with van der Waals surface area (Å²) in [4.78, 5) is 4.15. The smallest absolute Gasteiger partial charge is 0.136 e. The van der Waals surface area contributed by atoms with Crippen molar-refractivity contribution in [2.75, 3.05) is 0 Å². The van der Waals surface area contributed by atoms with Gasteiger partial charge in [-0.1, -0.05) is 18.2 Å². The molecule has 0 aliphatic carbocycles. The van der Waals surface area contributed by atoms with Gasteiger partial charge in [0, 0.05) is 28.7 Å². The van der Waals surface area contributed by atoms with Gasteiger partial charge in [0.15, 0.2) is 0 Å². The highest BCUT2D eigenvalue weighted by Crippen LogP contribution is 2.31. The standard InChI is InChI=1S/C17H10NO/c1-2-6-16-14(5-1)15-8-7-12(10-17(15)19-16)13-4-3-9-18-11-13/h2-11H. The second kappa shape index (κ2) is 3.95. The molecular formula is C17H10NO. The van der Waals surface area contributed by atoms with Crippen LogP contribution in [0.3, 0.4) is 0 Å². The molecule has 0 N–H and O–H groups in total. The summed E-state index contributed by atoms with van der Waals surface area (Å²) in [6.45, 7) is 0. The molecule has 0 aliphatic heterocycles. The van der Waals surface area contributed by atoms with Crippen molar-refractivity contribution in [1.29, 1.82) is 0 Å². The summed E-state index contributed by atoms with van der Waals surface area (Å²) in [6.07, 6.45) is 3.64. The van der Waals surface area contributed by atoms with Gasteiger partial charge in [0.2, 0.25) is 0 Å². The quantitative estimate of drug-likeness (QED) is 0.494. The summed E-state index contributed by atoms with van der Waals surface area (Å²) in [5, 5.41) is 2.23. The van der Waals surface area contributed by atoms with Crippen molar-refractivity contribution in [3.8, 4) is 11.1 Å². The summed E-state index contributed by atoms with van der Waals surface area (Å²) >= 11 is 0. The van der Waals surface area contributed by atoms with E-state index in [1.807, 2.05) is 36.5 Å². The van der Waals surface area contributed by atoms with Crippen LogP contribution >= 0.6 is 0 Å². The number of hydrogen-bond donors (Lipinski definition) is 0. The maximum atomic E-state index is 5.87. The van der Waals surface area contributed by atoms with Gasteiger partial charge >= 0.3 is 0 Å². The Hall–Kier alpha value is -2.61. The molecule has 0 aliphatic rings. The largest absolute Gasteiger partial charge is 0.456 e. The van der Waals surface area contributed by atoms with Crippen LogP contribution in [0.5, 0.6) is 0 Å². The molecule has 2 heterocycles. The third-order valence-corrected chi connectivity index (χ3v) is 3.31. The zero-order valence-corrected chi connectivity index (χ0v) is 10.1. The fourth-order valence-electron chi connectivity index (χ4n) is 2.38. The number of aromatic nitrogens is 1.